The molecule has 13 heavy (non-hydrogen) atoms. The molecule has 0 bridgehead atoms. The van der Waals surface area contributed by atoms with Gasteiger partial charge in [0.05, 0.1) is 12.9 Å². The molecule has 0 heterocycles. The molecule has 0 radical (unpaired) electrons. The van der Waals surface area contributed by atoms with Crippen LogP contribution >= 0.6 is 0 Å². The van der Waals surface area contributed by atoms with Crippen molar-refractivity contribution in [1.29, 1.82) is 0 Å². The molecule has 1 heteroatoms. The zero-order valence-corrected chi connectivity index (χ0v) is 9.44. The van der Waals surface area contributed by atoms with Crippen molar-refractivity contribution in [3.63, 3.8) is 0 Å². The maximum Gasteiger partial charge on any atom is 0.0873 e. The Balaban J connectivity index is 3.52. The highest BCUT2D eigenvalue weighted by molar-refractivity contribution is 4.96. The lowest BCUT2D eigenvalue weighted by atomic mass is 10.1. The minimum atomic E-state index is 0.881. The van der Waals surface area contributed by atoms with E-state index >= 15 is 0 Å². The number of rotatable bonds is 8. The normalized spacial score (nSPS) is 11.8. The second-order valence-electron chi connectivity index (χ2n) is 3.46. The van der Waals surface area contributed by atoms with Crippen LogP contribution in [0.1, 0.15) is 59.3 Å². The molecule has 0 rings (SSSR count). The van der Waals surface area contributed by atoms with Gasteiger partial charge >= 0.3 is 0 Å². The van der Waals surface area contributed by atoms with Crippen molar-refractivity contribution in [2.75, 3.05) is 6.61 Å². The van der Waals surface area contributed by atoms with E-state index in [0.717, 1.165) is 13.0 Å². The van der Waals surface area contributed by atoms with Gasteiger partial charge in [-0.1, -0.05) is 33.6 Å². The Morgan fingerprint density at radius 1 is 1.08 bits per heavy atom. The SMILES string of the molecule is CCCCO/C=C(/CC)CCCC. The third kappa shape index (κ3) is 7.89. The van der Waals surface area contributed by atoms with Crippen molar-refractivity contribution in [2.24, 2.45) is 0 Å². The molecular weight excluding hydrogens is 160 g/mol. The third-order valence-corrected chi connectivity index (χ3v) is 2.17. The van der Waals surface area contributed by atoms with Gasteiger partial charge in [-0.25, -0.2) is 0 Å². The molecule has 0 aliphatic heterocycles. The van der Waals surface area contributed by atoms with Crippen molar-refractivity contribution < 1.29 is 4.74 Å². The van der Waals surface area contributed by atoms with E-state index in [1.54, 1.807) is 0 Å². The highest BCUT2D eigenvalue weighted by Gasteiger charge is 1.93. The summed E-state index contributed by atoms with van der Waals surface area (Å²) in [7, 11) is 0. The predicted molar refractivity (Wildman–Crippen MR) is 58.8 cm³/mol. The fourth-order valence-corrected chi connectivity index (χ4v) is 1.13. The Kier molecular flexibility index (Phi) is 9.29. The summed E-state index contributed by atoms with van der Waals surface area (Å²) in [4.78, 5) is 0. The largest absolute Gasteiger partial charge is 0.501 e. The summed E-state index contributed by atoms with van der Waals surface area (Å²) in [6.45, 7) is 7.49. The second kappa shape index (κ2) is 9.63. The molecule has 0 amide bonds. The van der Waals surface area contributed by atoms with E-state index in [-0.39, 0.29) is 0 Å². The molecule has 0 spiro atoms. The Hall–Kier alpha value is -0.460. The molecule has 0 fully saturated rings. The number of hydrogen-bond donors (Lipinski definition) is 0. The van der Waals surface area contributed by atoms with Crippen LogP contribution in [0, 0.1) is 0 Å². The Morgan fingerprint density at radius 3 is 2.31 bits per heavy atom. The van der Waals surface area contributed by atoms with Crippen LogP contribution in [0.3, 0.4) is 0 Å². The summed E-state index contributed by atoms with van der Waals surface area (Å²) in [6, 6.07) is 0. The molecule has 0 unspecified atom stereocenters. The fourth-order valence-electron chi connectivity index (χ4n) is 1.13. The number of allylic oxidation sites excluding steroid dienone is 1. The van der Waals surface area contributed by atoms with E-state index in [1.165, 1.54) is 37.7 Å². The maximum atomic E-state index is 5.46. The molecule has 0 aliphatic rings. The van der Waals surface area contributed by atoms with Gasteiger partial charge in [0.25, 0.3) is 0 Å². The van der Waals surface area contributed by atoms with Crippen molar-refractivity contribution in [1.82, 2.24) is 0 Å². The standard InChI is InChI=1S/C12H24O/c1-4-7-9-12(6-3)11-13-10-8-5-2/h11H,4-10H2,1-3H3/b12-11-. The topological polar surface area (TPSA) is 9.23 Å². The summed E-state index contributed by atoms with van der Waals surface area (Å²) < 4.78 is 5.46. The zero-order valence-electron chi connectivity index (χ0n) is 9.44. The van der Waals surface area contributed by atoms with Crippen LogP contribution in [0.2, 0.25) is 0 Å². The molecule has 0 aromatic rings. The first kappa shape index (κ1) is 12.5. The first-order valence-electron chi connectivity index (χ1n) is 5.64. The highest BCUT2D eigenvalue weighted by atomic mass is 16.5. The van der Waals surface area contributed by atoms with Gasteiger partial charge in [0.2, 0.25) is 0 Å². The van der Waals surface area contributed by atoms with Crippen LogP contribution in [-0.4, -0.2) is 6.61 Å². The van der Waals surface area contributed by atoms with Gasteiger partial charge in [0, 0.05) is 0 Å². The minimum Gasteiger partial charge on any atom is -0.501 e. The van der Waals surface area contributed by atoms with Crippen LogP contribution < -0.4 is 0 Å². The van der Waals surface area contributed by atoms with Gasteiger partial charge in [-0.2, -0.15) is 0 Å². The van der Waals surface area contributed by atoms with Gasteiger partial charge in [-0.15, -0.1) is 0 Å². The second-order valence-corrected chi connectivity index (χ2v) is 3.46. The lowest BCUT2D eigenvalue weighted by Gasteiger charge is -2.04. The summed E-state index contributed by atoms with van der Waals surface area (Å²) in [5.74, 6) is 0. The van der Waals surface area contributed by atoms with Gasteiger partial charge in [0.15, 0.2) is 0 Å². The van der Waals surface area contributed by atoms with E-state index in [0.29, 0.717) is 0 Å². The van der Waals surface area contributed by atoms with Gasteiger partial charge in [-0.3, -0.25) is 0 Å². The van der Waals surface area contributed by atoms with E-state index < -0.39 is 0 Å². The summed E-state index contributed by atoms with van der Waals surface area (Å²) in [5, 5.41) is 0. The van der Waals surface area contributed by atoms with Crippen molar-refractivity contribution in [2.45, 2.75) is 59.3 Å². The summed E-state index contributed by atoms with van der Waals surface area (Å²) in [5.41, 5.74) is 1.46. The quantitative estimate of drug-likeness (QED) is 0.404. The minimum absolute atomic E-state index is 0.881. The smallest absolute Gasteiger partial charge is 0.0873 e. The number of ether oxygens (including phenoxy) is 1. The Morgan fingerprint density at radius 2 is 1.77 bits per heavy atom. The molecule has 0 saturated carbocycles. The molecule has 0 aliphatic carbocycles. The van der Waals surface area contributed by atoms with Gasteiger partial charge in [0.1, 0.15) is 0 Å². The monoisotopic (exact) mass is 184 g/mol. The molecule has 78 valence electrons. The molecular formula is C12H24O. The van der Waals surface area contributed by atoms with Crippen LogP contribution in [0.5, 0.6) is 0 Å². The van der Waals surface area contributed by atoms with E-state index in [9.17, 15) is 0 Å². The average Bonchev–Trinajstić information content (AvgIpc) is 2.17. The van der Waals surface area contributed by atoms with Crippen LogP contribution in [0.25, 0.3) is 0 Å². The molecule has 0 aromatic heterocycles. The zero-order chi connectivity index (χ0) is 9.94. The van der Waals surface area contributed by atoms with Crippen molar-refractivity contribution >= 4 is 0 Å². The lowest BCUT2D eigenvalue weighted by molar-refractivity contribution is 0.239. The average molecular weight is 184 g/mol. The first-order valence-corrected chi connectivity index (χ1v) is 5.64. The predicted octanol–water partition coefficient (Wildman–Crippen LogP) is 4.29. The van der Waals surface area contributed by atoms with Gasteiger partial charge in [-0.05, 0) is 31.3 Å². The van der Waals surface area contributed by atoms with Gasteiger partial charge < -0.3 is 4.74 Å². The van der Waals surface area contributed by atoms with E-state index in [4.69, 9.17) is 4.74 Å². The third-order valence-electron chi connectivity index (χ3n) is 2.17. The van der Waals surface area contributed by atoms with Crippen LogP contribution in [-0.2, 0) is 4.74 Å². The van der Waals surface area contributed by atoms with Crippen LogP contribution in [0.15, 0.2) is 11.8 Å². The maximum absolute atomic E-state index is 5.46. The number of unbranched alkanes of at least 4 members (excludes halogenated alkanes) is 2. The van der Waals surface area contributed by atoms with Crippen LogP contribution in [0.4, 0.5) is 0 Å². The van der Waals surface area contributed by atoms with Crippen molar-refractivity contribution in [3.05, 3.63) is 11.8 Å². The molecule has 0 atom stereocenters. The molecule has 1 nitrogen and oxygen atoms in total. The number of hydrogen-bond acceptors (Lipinski definition) is 1. The van der Waals surface area contributed by atoms with Crippen molar-refractivity contribution in [3.8, 4) is 0 Å². The first-order chi connectivity index (χ1) is 6.35. The summed E-state index contributed by atoms with van der Waals surface area (Å²) in [6.07, 6.45) is 9.26. The lowest BCUT2D eigenvalue weighted by Crippen LogP contribution is -1.89. The Bertz CT molecular complexity index is 127. The Labute approximate surface area is 83.2 Å². The summed E-state index contributed by atoms with van der Waals surface area (Å²) >= 11 is 0. The highest BCUT2D eigenvalue weighted by Crippen LogP contribution is 2.11. The molecule has 0 N–H and O–H groups in total. The van der Waals surface area contributed by atoms with E-state index in [2.05, 4.69) is 20.8 Å². The fraction of sp³-hybridized carbons (Fsp3) is 0.833. The molecule has 0 aromatic carbocycles. The van der Waals surface area contributed by atoms with E-state index in [1.807, 2.05) is 6.26 Å². The molecule has 0 saturated heterocycles.